The second kappa shape index (κ2) is 7.41. The topological polar surface area (TPSA) is 58.4 Å². The summed E-state index contributed by atoms with van der Waals surface area (Å²) >= 11 is 0. The van der Waals surface area contributed by atoms with E-state index in [1.54, 1.807) is 17.1 Å². The van der Waals surface area contributed by atoms with Crippen LogP contribution in [-0.2, 0) is 11.8 Å². The number of amides is 2. The van der Waals surface area contributed by atoms with Crippen LogP contribution >= 0.6 is 0 Å². The Bertz CT molecular complexity index is 852. The lowest BCUT2D eigenvalue weighted by Gasteiger charge is -2.49. The van der Waals surface area contributed by atoms with Gasteiger partial charge < -0.3 is 9.80 Å². The fourth-order valence-electron chi connectivity index (χ4n) is 4.76. The maximum Gasteiger partial charge on any atom is 0.257 e. The zero-order valence-corrected chi connectivity index (χ0v) is 16.7. The summed E-state index contributed by atoms with van der Waals surface area (Å²) in [5.41, 5.74) is 1.85. The molecule has 3 heterocycles. The van der Waals surface area contributed by atoms with Crippen LogP contribution in [0.3, 0.4) is 0 Å². The van der Waals surface area contributed by atoms with Gasteiger partial charge in [0, 0.05) is 39.4 Å². The number of carbonyl (C=O) groups is 2. The number of aryl methyl sites for hydroxylation is 1. The Morgan fingerprint density at radius 2 is 1.93 bits per heavy atom. The lowest BCUT2D eigenvalue weighted by molar-refractivity contribution is -0.141. The van der Waals surface area contributed by atoms with Gasteiger partial charge in [-0.05, 0) is 37.2 Å². The van der Waals surface area contributed by atoms with Crippen molar-refractivity contribution in [3.63, 3.8) is 0 Å². The molecular weight excluding hydrogens is 352 g/mol. The normalized spacial score (nSPS) is 21.9. The standard InChI is InChI=1S/C22H28N4O2/c1-3-25-16-22(13-19(21(25)28)17-7-5-4-6-8-17)9-11-26(12-10-22)20(27)18-14-23-24(2)15-18/h4-8,14-15,19H,3,9-13,16H2,1-2H3/t19-/m1/s1. The van der Waals surface area contributed by atoms with Crippen molar-refractivity contribution >= 4 is 11.8 Å². The van der Waals surface area contributed by atoms with Crippen molar-refractivity contribution in [2.75, 3.05) is 26.2 Å². The van der Waals surface area contributed by atoms with E-state index in [-0.39, 0.29) is 23.1 Å². The first-order chi connectivity index (χ1) is 13.5. The average Bonchev–Trinajstić information content (AvgIpc) is 3.17. The van der Waals surface area contributed by atoms with Crippen LogP contribution in [0.25, 0.3) is 0 Å². The van der Waals surface area contributed by atoms with E-state index in [2.05, 4.69) is 24.2 Å². The van der Waals surface area contributed by atoms with Crippen molar-refractivity contribution in [3.05, 3.63) is 53.9 Å². The molecule has 1 spiro atoms. The summed E-state index contributed by atoms with van der Waals surface area (Å²) in [5.74, 6) is 0.227. The number of likely N-dealkylation sites (N-methyl/N-ethyl adjacent to an activating group) is 1. The number of piperidine rings is 2. The molecule has 1 atom stereocenters. The highest BCUT2D eigenvalue weighted by Crippen LogP contribution is 2.45. The van der Waals surface area contributed by atoms with Crippen LogP contribution in [0.5, 0.6) is 0 Å². The highest BCUT2D eigenvalue weighted by Gasteiger charge is 2.46. The second-order valence-electron chi connectivity index (χ2n) is 8.21. The van der Waals surface area contributed by atoms with Crippen molar-refractivity contribution in [2.45, 2.75) is 32.1 Å². The lowest BCUT2D eigenvalue weighted by atomic mass is 9.67. The highest BCUT2D eigenvalue weighted by atomic mass is 16.2. The van der Waals surface area contributed by atoms with Gasteiger partial charge in [0.2, 0.25) is 5.91 Å². The van der Waals surface area contributed by atoms with Gasteiger partial charge in [-0.3, -0.25) is 14.3 Å². The van der Waals surface area contributed by atoms with Crippen LogP contribution in [0.1, 0.15) is 48.0 Å². The largest absolute Gasteiger partial charge is 0.342 e. The number of rotatable bonds is 3. The molecule has 1 aromatic heterocycles. The second-order valence-corrected chi connectivity index (χ2v) is 8.21. The van der Waals surface area contributed by atoms with Gasteiger partial charge in [-0.25, -0.2) is 0 Å². The first kappa shape index (κ1) is 18.7. The molecule has 1 aromatic carbocycles. The molecule has 148 valence electrons. The first-order valence-electron chi connectivity index (χ1n) is 10.1. The molecule has 4 rings (SSSR count). The Morgan fingerprint density at radius 1 is 1.21 bits per heavy atom. The van der Waals surface area contributed by atoms with Crippen LogP contribution in [0, 0.1) is 5.41 Å². The fraction of sp³-hybridized carbons (Fsp3) is 0.500. The number of likely N-dealkylation sites (tertiary alicyclic amines) is 2. The van der Waals surface area contributed by atoms with Crippen molar-refractivity contribution in [1.82, 2.24) is 19.6 Å². The average molecular weight is 380 g/mol. The van der Waals surface area contributed by atoms with Crippen LogP contribution in [-0.4, -0.2) is 57.6 Å². The van der Waals surface area contributed by atoms with Gasteiger partial charge in [-0.15, -0.1) is 0 Å². The van der Waals surface area contributed by atoms with Gasteiger partial charge in [0.25, 0.3) is 5.91 Å². The van der Waals surface area contributed by atoms with E-state index in [9.17, 15) is 9.59 Å². The van der Waals surface area contributed by atoms with Crippen LogP contribution in [0.4, 0.5) is 0 Å². The summed E-state index contributed by atoms with van der Waals surface area (Å²) < 4.78 is 1.66. The molecule has 2 aromatic rings. The Hall–Kier alpha value is -2.63. The predicted molar refractivity (Wildman–Crippen MR) is 107 cm³/mol. The van der Waals surface area contributed by atoms with Crippen LogP contribution in [0.15, 0.2) is 42.7 Å². The Balaban J connectivity index is 1.50. The third-order valence-corrected chi connectivity index (χ3v) is 6.42. The molecule has 2 aliphatic rings. The fourth-order valence-corrected chi connectivity index (χ4v) is 4.76. The summed E-state index contributed by atoms with van der Waals surface area (Å²) in [5, 5.41) is 4.11. The number of hydrogen-bond acceptors (Lipinski definition) is 3. The number of benzene rings is 1. The van der Waals surface area contributed by atoms with Crippen LogP contribution < -0.4 is 0 Å². The van der Waals surface area contributed by atoms with Crippen molar-refractivity contribution in [3.8, 4) is 0 Å². The number of aromatic nitrogens is 2. The maximum atomic E-state index is 13.0. The monoisotopic (exact) mass is 380 g/mol. The van der Waals surface area contributed by atoms with Gasteiger partial charge in [0.05, 0.1) is 17.7 Å². The summed E-state index contributed by atoms with van der Waals surface area (Å²) in [6.07, 6.45) is 6.16. The molecule has 6 heteroatoms. The van der Waals surface area contributed by atoms with E-state index in [1.165, 1.54) is 0 Å². The minimum Gasteiger partial charge on any atom is -0.342 e. The van der Waals surface area contributed by atoms with E-state index in [0.29, 0.717) is 5.56 Å². The first-order valence-corrected chi connectivity index (χ1v) is 10.1. The van der Waals surface area contributed by atoms with Gasteiger partial charge in [-0.1, -0.05) is 30.3 Å². The highest BCUT2D eigenvalue weighted by molar-refractivity contribution is 5.93. The van der Waals surface area contributed by atoms with Crippen molar-refractivity contribution in [2.24, 2.45) is 12.5 Å². The third-order valence-electron chi connectivity index (χ3n) is 6.42. The van der Waals surface area contributed by atoms with Gasteiger partial charge in [0.1, 0.15) is 0 Å². The Kier molecular flexibility index (Phi) is 4.96. The smallest absolute Gasteiger partial charge is 0.257 e. The van der Waals surface area contributed by atoms with Gasteiger partial charge in [0.15, 0.2) is 0 Å². The van der Waals surface area contributed by atoms with E-state index in [1.807, 2.05) is 35.0 Å². The molecular formula is C22H28N4O2. The number of nitrogens with zero attached hydrogens (tertiary/aromatic N) is 4. The third kappa shape index (κ3) is 3.43. The molecule has 0 saturated carbocycles. The zero-order valence-electron chi connectivity index (χ0n) is 16.7. The summed E-state index contributed by atoms with van der Waals surface area (Å²) in [6.45, 7) is 5.07. The minimum absolute atomic E-state index is 0.0572. The van der Waals surface area contributed by atoms with E-state index >= 15 is 0 Å². The van der Waals surface area contributed by atoms with Gasteiger partial charge in [-0.2, -0.15) is 5.10 Å². The molecule has 28 heavy (non-hydrogen) atoms. The molecule has 0 bridgehead atoms. The molecule has 2 amide bonds. The maximum absolute atomic E-state index is 13.0. The minimum atomic E-state index is -0.0736. The Labute approximate surface area is 166 Å². The molecule has 2 aliphatic heterocycles. The summed E-state index contributed by atoms with van der Waals surface area (Å²) in [7, 11) is 1.82. The van der Waals surface area contributed by atoms with E-state index in [4.69, 9.17) is 0 Å². The molecule has 2 saturated heterocycles. The molecule has 0 N–H and O–H groups in total. The molecule has 0 aliphatic carbocycles. The zero-order chi connectivity index (χ0) is 19.7. The summed E-state index contributed by atoms with van der Waals surface area (Å²) in [4.78, 5) is 29.7. The number of hydrogen-bond donors (Lipinski definition) is 0. The van der Waals surface area contributed by atoms with Gasteiger partial charge >= 0.3 is 0 Å². The molecule has 2 fully saturated rings. The van der Waals surface area contributed by atoms with Crippen molar-refractivity contribution < 1.29 is 9.59 Å². The predicted octanol–water partition coefficient (Wildman–Crippen LogP) is 2.68. The van der Waals surface area contributed by atoms with E-state index < -0.39 is 0 Å². The lowest BCUT2D eigenvalue weighted by Crippen LogP contribution is -2.54. The quantitative estimate of drug-likeness (QED) is 0.823. The van der Waals surface area contributed by atoms with Crippen molar-refractivity contribution in [1.29, 1.82) is 0 Å². The molecule has 6 nitrogen and oxygen atoms in total. The van der Waals surface area contributed by atoms with Crippen LogP contribution in [0.2, 0.25) is 0 Å². The molecule has 0 unspecified atom stereocenters. The summed E-state index contributed by atoms with van der Waals surface area (Å²) in [6, 6.07) is 10.1. The number of carbonyl (C=O) groups excluding carboxylic acids is 2. The molecule has 0 radical (unpaired) electrons. The SMILES string of the molecule is CCN1CC2(CCN(C(=O)c3cnn(C)c3)CC2)C[C@H](c2ccccc2)C1=O. The van der Waals surface area contributed by atoms with E-state index in [0.717, 1.165) is 51.0 Å². The Morgan fingerprint density at radius 3 is 2.54 bits per heavy atom.